The van der Waals surface area contributed by atoms with Crippen molar-refractivity contribution in [2.75, 3.05) is 13.2 Å². The van der Waals surface area contributed by atoms with Crippen molar-refractivity contribution in [2.45, 2.75) is 32.2 Å². The molecule has 1 aromatic carbocycles. The minimum atomic E-state index is -0.341. The number of para-hydroxylation sites is 1. The smallest absolute Gasteiger partial charge is 0.228 e. The standard InChI is InChI=1S/C16H22N2O2/c1-11-8-16(9-11,10-17)15(19)18-13-6-7-20-14-5-3-2-4-12(13)14/h2-5,11,13H,6-10,17H2,1H3,(H,18,19). The normalized spacial score (nSPS) is 31.7. The number of amides is 1. The van der Waals surface area contributed by atoms with E-state index in [0.717, 1.165) is 30.6 Å². The molecular formula is C16H22N2O2. The van der Waals surface area contributed by atoms with Gasteiger partial charge in [-0.3, -0.25) is 4.79 Å². The molecule has 1 amide bonds. The largest absolute Gasteiger partial charge is 0.493 e. The lowest BCUT2D eigenvalue weighted by Crippen LogP contribution is -2.54. The Hall–Kier alpha value is -1.55. The van der Waals surface area contributed by atoms with Crippen molar-refractivity contribution >= 4 is 5.91 Å². The summed E-state index contributed by atoms with van der Waals surface area (Å²) >= 11 is 0. The molecule has 20 heavy (non-hydrogen) atoms. The SMILES string of the molecule is CC1CC(CN)(C(=O)NC2CCOc3ccccc32)C1. The van der Waals surface area contributed by atoms with E-state index in [0.29, 0.717) is 19.1 Å². The second kappa shape index (κ2) is 5.09. The lowest BCUT2D eigenvalue weighted by molar-refractivity contribution is -0.139. The number of nitrogens with one attached hydrogen (secondary N) is 1. The summed E-state index contributed by atoms with van der Waals surface area (Å²) in [6.07, 6.45) is 2.62. The molecule has 3 rings (SSSR count). The predicted octanol–water partition coefficient (Wildman–Crippen LogP) is 2.00. The second-order valence-corrected chi connectivity index (χ2v) is 6.20. The average Bonchev–Trinajstić information content (AvgIpc) is 2.44. The molecule has 0 spiro atoms. The minimum absolute atomic E-state index is 0.0479. The van der Waals surface area contributed by atoms with Gasteiger partial charge in [-0.15, -0.1) is 0 Å². The molecule has 3 N–H and O–H groups in total. The van der Waals surface area contributed by atoms with Gasteiger partial charge in [-0.05, 0) is 24.8 Å². The van der Waals surface area contributed by atoms with E-state index in [1.807, 2.05) is 24.3 Å². The summed E-state index contributed by atoms with van der Waals surface area (Å²) in [6, 6.07) is 7.97. The van der Waals surface area contributed by atoms with Crippen LogP contribution in [0.4, 0.5) is 0 Å². The summed E-state index contributed by atoms with van der Waals surface area (Å²) in [4.78, 5) is 12.6. The number of carbonyl (C=O) groups is 1. The molecule has 1 aliphatic heterocycles. The molecule has 1 saturated carbocycles. The zero-order valence-corrected chi connectivity index (χ0v) is 11.9. The summed E-state index contributed by atoms with van der Waals surface area (Å²) in [5, 5.41) is 3.19. The van der Waals surface area contributed by atoms with Gasteiger partial charge in [0.25, 0.3) is 0 Å². The van der Waals surface area contributed by atoms with Crippen molar-refractivity contribution in [2.24, 2.45) is 17.1 Å². The van der Waals surface area contributed by atoms with Crippen LogP contribution in [-0.2, 0) is 4.79 Å². The van der Waals surface area contributed by atoms with Crippen LogP contribution >= 0.6 is 0 Å². The fourth-order valence-corrected chi connectivity index (χ4v) is 3.52. The molecular weight excluding hydrogens is 252 g/mol. The van der Waals surface area contributed by atoms with Crippen LogP contribution in [0.25, 0.3) is 0 Å². The third-order valence-corrected chi connectivity index (χ3v) is 4.61. The first-order valence-electron chi connectivity index (χ1n) is 7.37. The molecule has 1 atom stereocenters. The molecule has 1 fully saturated rings. The quantitative estimate of drug-likeness (QED) is 0.886. The van der Waals surface area contributed by atoms with Crippen LogP contribution in [-0.4, -0.2) is 19.1 Å². The van der Waals surface area contributed by atoms with E-state index in [-0.39, 0.29) is 17.4 Å². The Labute approximate surface area is 119 Å². The lowest BCUT2D eigenvalue weighted by atomic mass is 9.62. The first-order chi connectivity index (χ1) is 9.64. The fourth-order valence-electron chi connectivity index (χ4n) is 3.52. The molecule has 1 aromatic rings. The van der Waals surface area contributed by atoms with Gasteiger partial charge in [0, 0.05) is 18.5 Å². The topological polar surface area (TPSA) is 64.4 Å². The molecule has 1 heterocycles. The molecule has 0 saturated heterocycles. The summed E-state index contributed by atoms with van der Waals surface area (Å²) in [6.45, 7) is 3.26. The average molecular weight is 274 g/mol. The maximum atomic E-state index is 12.6. The maximum absolute atomic E-state index is 12.6. The Morgan fingerprint density at radius 3 is 2.90 bits per heavy atom. The number of carbonyl (C=O) groups excluding carboxylic acids is 1. The van der Waals surface area contributed by atoms with Gasteiger partial charge in [0.2, 0.25) is 5.91 Å². The highest BCUT2D eigenvalue weighted by Crippen LogP contribution is 2.45. The lowest BCUT2D eigenvalue weighted by Gasteiger charge is -2.45. The zero-order valence-electron chi connectivity index (χ0n) is 11.9. The van der Waals surface area contributed by atoms with Crippen LogP contribution in [0.1, 0.15) is 37.8 Å². The van der Waals surface area contributed by atoms with Gasteiger partial charge < -0.3 is 15.8 Å². The third-order valence-electron chi connectivity index (χ3n) is 4.61. The molecule has 4 nitrogen and oxygen atoms in total. The molecule has 4 heteroatoms. The number of ether oxygens (including phenoxy) is 1. The van der Waals surface area contributed by atoms with Crippen LogP contribution in [0, 0.1) is 11.3 Å². The molecule has 0 aromatic heterocycles. The highest BCUT2D eigenvalue weighted by Gasteiger charge is 2.47. The van der Waals surface area contributed by atoms with E-state index in [2.05, 4.69) is 12.2 Å². The van der Waals surface area contributed by atoms with Crippen molar-refractivity contribution in [3.63, 3.8) is 0 Å². The van der Waals surface area contributed by atoms with Crippen LogP contribution in [0.3, 0.4) is 0 Å². The summed E-state index contributed by atoms with van der Waals surface area (Å²) < 4.78 is 5.63. The highest BCUT2D eigenvalue weighted by atomic mass is 16.5. The van der Waals surface area contributed by atoms with E-state index >= 15 is 0 Å². The fraction of sp³-hybridized carbons (Fsp3) is 0.562. The van der Waals surface area contributed by atoms with Crippen molar-refractivity contribution in [1.82, 2.24) is 5.32 Å². The zero-order chi connectivity index (χ0) is 14.2. The van der Waals surface area contributed by atoms with Gasteiger partial charge in [0.15, 0.2) is 0 Å². The molecule has 108 valence electrons. The van der Waals surface area contributed by atoms with E-state index in [9.17, 15) is 4.79 Å². The van der Waals surface area contributed by atoms with Gasteiger partial charge in [0.1, 0.15) is 5.75 Å². The van der Waals surface area contributed by atoms with Gasteiger partial charge in [-0.1, -0.05) is 25.1 Å². The van der Waals surface area contributed by atoms with Gasteiger partial charge in [0.05, 0.1) is 18.1 Å². The van der Waals surface area contributed by atoms with Crippen LogP contribution in [0.2, 0.25) is 0 Å². The molecule has 0 bridgehead atoms. The first-order valence-corrected chi connectivity index (χ1v) is 7.37. The van der Waals surface area contributed by atoms with Gasteiger partial charge in [-0.2, -0.15) is 0 Å². The van der Waals surface area contributed by atoms with Crippen LogP contribution in [0.5, 0.6) is 5.75 Å². The Kier molecular flexibility index (Phi) is 3.42. The Morgan fingerprint density at radius 2 is 2.20 bits per heavy atom. The van der Waals surface area contributed by atoms with Crippen molar-refractivity contribution in [3.05, 3.63) is 29.8 Å². The van der Waals surface area contributed by atoms with Crippen molar-refractivity contribution in [3.8, 4) is 5.75 Å². The Morgan fingerprint density at radius 1 is 1.45 bits per heavy atom. The highest BCUT2D eigenvalue weighted by molar-refractivity contribution is 5.84. The molecule has 0 radical (unpaired) electrons. The summed E-state index contributed by atoms with van der Waals surface area (Å²) in [7, 11) is 0. The van der Waals surface area contributed by atoms with E-state index in [1.54, 1.807) is 0 Å². The number of hydrogen-bond acceptors (Lipinski definition) is 3. The van der Waals surface area contributed by atoms with E-state index in [4.69, 9.17) is 10.5 Å². The van der Waals surface area contributed by atoms with Gasteiger partial charge in [-0.25, -0.2) is 0 Å². The Balaban J connectivity index is 1.74. The van der Waals surface area contributed by atoms with Crippen LogP contribution in [0.15, 0.2) is 24.3 Å². The monoisotopic (exact) mass is 274 g/mol. The molecule has 2 aliphatic rings. The minimum Gasteiger partial charge on any atom is -0.493 e. The number of benzene rings is 1. The molecule has 1 aliphatic carbocycles. The van der Waals surface area contributed by atoms with Crippen molar-refractivity contribution < 1.29 is 9.53 Å². The predicted molar refractivity (Wildman–Crippen MR) is 77.3 cm³/mol. The van der Waals surface area contributed by atoms with E-state index in [1.165, 1.54) is 0 Å². The molecule has 1 unspecified atom stereocenters. The number of rotatable bonds is 3. The van der Waals surface area contributed by atoms with Crippen LogP contribution < -0.4 is 15.8 Å². The third kappa shape index (κ3) is 2.18. The first kappa shape index (κ1) is 13.4. The second-order valence-electron chi connectivity index (χ2n) is 6.20. The maximum Gasteiger partial charge on any atom is 0.228 e. The number of fused-ring (bicyclic) bond motifs is 1. The number of hydrogen-bond donors (Lipinski definition) is 2. The Bertz CT molecular complexity index is 509. The van der Waals surface area contributed by atoms with E-state index < -0.39 is 0 Å². The summed E-state index contributed by atoms with van der Waals surface area (Å²) in [5.74, 6) is 1.60. The van der Waals surface area contributed by atoms with Crippen molar-refractivity contribution in [1.29, 1.82) is 0 Å². The van der Waals surface area contributed by atoms with Gasteiger partial charge >= 0.3 is 0 Å². The number of nitrogens with two attached hydrogens (primary N) is 1. The summed E-state index contributed by atoms with van der Waals surface area (Å²) in [5.41, 5.74) is 6.58.